The molecule has 0 saturated heterocycles. The van der Waals surface area contributed by atoms with E-state index in [1.165, 1.54) is 10.8 Å². The van der Waals surface area contributed by atoms with E-state index in [0.717, 1.165) is 17.5 Å². The van der Waals surface area contributed by atoms with Crippen molar-refractivity contribution in [1.29, 1.82) is 0 Å². The molecule has 0 aliphatic carbocycles. The van der Waals surface area contributed by atoms with Gasteiger partial charge in [-0.1, -0.05) is 10.8 Å². The molecule has 74 valence electrons. The van der Waals surface area contributed by atoms with Crippen molar-refractivity contribution in [2.45, 2.75) is 6.42 Å². The summed E-state index contributed by atoms with van der Waals surface area (Å²) in [6.45, 7) is 0.930. The molecule has 0 unspecified atom stereocenters. The topological polar surface area (TPSA) is 58.5 Å². The number of carbonyl (C=O) groups excluding carboxylic acids is 2. The number of nitrogens with one attached hydrogen (secondary N) is 1. The molecular formula is C7H12N2O2S2. The first-order valence-corrected chi connectivity index (χ1v) is 5.92. The Bertz CT molecular complexity index is 224. The van der Waals surface area contributed by atoms with Gasteiger partial charge in [-0.25, -0.2) is 0 Å². The zero-order valence-corrected chi connectivity index (χ0v) is 8.91. The van der Waals surface area contributed by atoms with Gasteiger partial charge in [0.25, 0.3) is 5.24 Å². The van der Waals surface area contributed by atoms with Gasteiger partial charge in [0.15, 0.2) is 5.78 Å². The van der Waals surface area contributed by atoms with Gasteiger partial charge in [-0.3, -0.25) is 14.6 Å². The Hall–Kier alpha value is -0.490. The molecule has 0 saturated carbocycles. The van der Waals surface area contributed by atoms with Crippen LogP contribution in [-0.2, 0) is 4.79 Å². The van der Waals surface area contributed by atoms with E-state index in [1.807, 2.05) is 0 Å². The highest BCUT2D eigenvalue weighted by Crippen LogP contribution is 2.22. The molecule has 0 fully saturated rings. The number of rotatable bonds is 6. The number of nitrogens with zero attached hydrogens (tertiary/aromatic N) is 1. The van der Waals surface area contributed by atoms with E-state index in [-0.39, 0.29) is 17.6 Å². The van der Waals surface area contributed by atoms with Crippen LogP contribution < -0.4 is 5.32 Å². The standard InChI is InChI=1S/C7H12N2O2S2/c1-8-5-6(10)3-4-12-13-7(11)9-2/h1,3-5H2,2H3,(H,9,11)/i1D. The van der Waals surface area contributed by atoms with Crippen LogP contribution >= 0.6 is 21.6 Å². The maximum absolute atomic E-state index is 11.0. The lowest BCUT2D eigenvalue weighted by Gasteiger charge is -1.97. The van der Waals surface area contributed by atoms with Gasteiger partial charge < -0.3 is 5.32 Å². The van der Waals surface area contributed by atoms with E-state index < -0.39 is 0 Å². The van der Waals surface area contributed by atoms with Crippen molar-refractivity contribution < 1.29 is 11.0 Å². The zero-order valence-electron chi connectivity index (χ0n) is 8.28. The number of aliphatic imine (C=N–C) groups is 1. The summed E-state index contributed by atoms with van der Waals surface area (Å²) in [6, 6.07) is 0. The van der Waals surface area contributed by atoms with Crippen LogP contribution in [0.15, 0.2) is 4.99 Å². The minimum atomic E-state index is -0.119. The molecule has 4 nitrogen and oxygen atoms in total. The quantitative estimate of drug-likeness (QED) is 0.418. The third-order valence-electron chi connectivity index (χ3n) is 1.07. The Balaban J connectivity index is 3.36. The number of hydrogen-bond acceptors (Lipinski definition) is 5. The molecule has 0 aromatic heterocycles. The summed E-state index contributed by atoms with van der Waals surface area (Å²) in [4.78, 5) is 25.2. The fraction of sp³-hybridized carbons (Fsp3) is 0.571. The van der Waals surface area contributed by atoms with Gasteiger partial charge in [0.1, 0.15) is 0 Å². The molecule has 1 amide bonds. The number of ketones is 1. The zero-order chi connectivity index (χ0) is 10.8. The largest absolute Gasteiger partial charge is 0.349 e. The molecule has 0 spiro atoms. The van der Waals surface area contributed by atoms with Gasteiger partial charge in [-0.2, -0.15) is 0 Å². The van der Waals surface area contributed by atoms with E-state index in [9.17, 15) is 9.59 Å². The van der Waals surface area contributed by atoms with Crippen LogP contribution in [0.4, 0.5) is 4.79 Å². The van der Waals surface area contributed by atoms with Crippen molar-refractivity contribution in [2.24, 2.45) is 4.99 Å². The average molecular weight is 221 g/mol. The maximum atomic E-state index is 11.0. The van der Waals surface area contributed by atoms with E-state index >= 15 is 0 Å². The lowest BCUT2D eigenvalue weighted by Crippen LogP contribution is -2.10. The molecule has 13 heavy (non-hydrogen) atoms. The van der Waals surface area contributed by atoms with Crippen LogP contribution in [0, 0.1) is 0 Å². The minimum Gasteiger partial charge on any atom is -0.349 e. The monoisotopic (exact) mass is 221 g/mol. The molecule has 0 heterocycles. The van der Waals surface area contributed by atoms with Gasteiger partial charge in [0.2, 0.25) is 0 Å². The minimum absolute atomic E-state index is 0.0153. The highest BCUT2D eigenvalue weighted by Gasteiger charge is 2.02. The maximum Gasteiger partial charge on any atom is 0.289 e. The molecule has 0 aromatic rings. The number of hydrogen-bond donors (Lipinski definition) is 1. The second kappa shape index (κ2) is 8.12. The van der Waals surface area contributed by atoms with Gasteiger partial charge in [0.05, 0.1) is 7.92 Å². The van der Waals surface area contributed by atoms with Gasteiger partial charge in [-0.15, -0.1) is 0 Å². The number of amides is 1. The number of Topliss-reactive ketones (excluding diaryl/α,β-unsaturated/α-hetero) is 1. The molecular weight excluding hydrogens is 208 g/mol. The van der Waals surface area contributed by atoms with Crippen molar-refractivity contribution >= 4 is 39.3 Å². The van der Waals surface area contributed by atoms with Crippen LogP contribution in [0.2, 0.25) is 0 Å². The third-order valence-corrected chi connectivity index (χ3v) is 3.22. The Kier molecular flexibility index (Phi) is 6.62. The summed E-state index contributed by atoms with van der Waals surface area (Å²) in [5.74, 6) is 0.572. The Morgan fingerprint density at radius 1 is 1.69 bits per heavy atom. The first-order valence-electron chi connectivity index (χ1n) is 4.18. The van der Waals surface area contributed by atoms with E-state index in [4.69, 9.17) is 1.37 Å². The summed E-state index contributed by atoms with van der Waals surface area (Å²) in [7, 11) is 3.97. The predicted molar refractivity (Wildman–Crippen MR) is 58.5 cm³/mol. The smallest absolute Gasteiger partial charge is 0.289 e. The molecule has 6 heteroatoms. The van der Waals surface area contributed by atoms with E-state index in [0.29, 0.717) is 12.2 Å². The van der Waals surface area contributed by atoms with Crippen LogP contribution in [-0.4, -0.2) is 37.1 Å². The summed E-state index contributed by atoms with van der Waals surface area (Å²) >= 11 is 0. The van der Waals surface area contributed by atoms with Crippen LogP contribution in [0.1, 0.15) is 7.79 Å². The van der Waals surface area contributed by atoms with Crippen LogP contribution in [0.3, 0.4) is 0 Å². The van der Waals surface area contributed by atoms with Crippen LogP contribution in [0.5, 0.6) is 0 Å². The van der Waals surface area contributed by atoms with E-state index in [1.54, 1.807) is 7.05 Å². The average Bonchev–Trinajstić information content (AvgIpc) is 2.21. The Morgan fingerprint density at radius 2 is 2.46 bits per heavy atom. The summed E-state index contributed by atoms with van der Waals surface area (Å²) in [5, 5.41) is 2.34. The molecule has 0 rings (SSSR count). The molecule has 0 atom stereocenters. The van der Waals surface area contributed by atoms with Gasteiger partial charge in [-0.05, 0) is 6.69 Å². The lowest BCUT2D eigenvalue weighted by atomic mass is 10.3. The molecule has 0 radical (unpaired) electrons. The van der Waals surface area contributed by atoms with Gasteiger partial charge in [0, 0.05) is 30.0 Å². The predicted octanol–water partition coefficient (Wildman–Crippen LogP) is 1.37. The molecule has 0 bridgehead atoms. The molecule has 0 aliphatic rings. The van der Waals surface area contributed by atoms with E-state index in [2.05, 4.69) is 10.3 Å². The summed E-state index contributed by atoms with van der Waals surface area (Å²) in [5.41, 5.74) is 0. The van der Waals surface area contributed by atoms with Gasteiger partial charge >= 0.3 is 0 Å². The first kappa shape index (κ1) is 10.6. The second-order valence-electron chi connectivity index (χ2n) is 2.07. The first-order chi connectivity index (χ1) is 6.70. The fourth-order valence-electron chi connectivity index (χ4n) is 0.473. The lowest BCUT2D eigenvalue weighted by molar-refractivity contribution is -0.117. The number of carbonyl (C=O) groups is 2. The molecule has 0 aromatic carbocycles. The third kappa shape index (κ3) is 7.86. The highest BCUT2D eigenvalue weighted by molar-refractivity contribution is 8.82. The Labute approximate surface area is 86.7 Å². The van der Waals surface area contributed by atoms with Crippen molar-refractivity contribution in [2.75, 3.05) is 19.3 Å². The normalized spacial score (nSPS) is 11.3. The van der Waals surface area contributed by atoms with Crippen molar-refractivity contribution in [3.05, 3.63) is 0 Å². The van der Waals surface area contributed by atoms with Crippen molar-refractivity contribution in [1.82, 2.24) is 5.32 Å². The van der Waals surface area contributed by atoms with Crippen LogP contribution in [0.25, 0.3) is 0 Å². The SMILES string of the molecule is [2H]C=NCC(=O)CCSSC(=O)NC. The highest BCUT2D eigenvalue weighted by atomic mass is 33.1. The Morgan fingerprint density at radius 3 is 3.08 bits per heavy atom. The fourth-order valence-corrected chi connectivity index (χ4v) is 2.13. The molecule has 0 aliphatic heterocycles. The second-order valence-corrected chi connectivity index (χ2v) is 4.46. The summed E-state index contributed by atoms with van der Waals surface area (Å²) < 4.78 is 6.58. The van der Waals surface area contributed by atoms with Crippen molar-refractivity contribution in [3.63, 3.8) is 0 Å². The van der Waals surface area contributed by atoms with Crippen molar-refractivity contribution in [3.8, 4) is 0 Å². The summed E-state index contributed by atoms with van der Waals surface area (Å²) in [6.07, 6.45) is 0.381. The molecule has 1 N–H and O–H groups in total.